The zero-order chi connectivity index (χ0) is 21.3. The van der Waals surface area contributed by atoms with E-state index in [1.807, 2.05) is 70.2 Å². The van der Waals surface area contributed by atoms with Gasteiger partial charge in [-0.1, -0.05) is 56.3 Å². The van der Waals surface area contributed by atoms with Crippen LogP contribution in [0.3, 0.4) is 0 Å². The minimum Gasteiger partial charge on any atom is -0.308 e. The summed E-state index contributed by atoms with van der Waals surface area (Å²) in [7, 11) is -3.36. The molecule has 1 unspecified atom stereocenters. The van der Waals surface area contributed by atoms with E-state index in [0.29, 0.717) is 31.9 Å². The van der Waals surface area contributed by atoms with Gasteiger partial charge in [-0.15, -0.1) is 0 Å². The molecule has 156 valence electrons. The van der Waals surface area contributed by atoms with Crippen LogP contribution in [0, 0.1) is 17.2 Å². The van der Waals surface area contributed by atoms with Crippen molar-refractivity contribution in [3.8, 4) is 6.07 Å². The van der Waals surface area contributed by atoms with Gasteiger partial charge < -0.3 is 9.05 Å². The van der Waals surface area contributed by atoms with Crippen molar-refractivity contribution >= 4 is 7.60 Å². The van der Waals surface area contributed by atoms with Crippen molar-refractivity contribution in [3.05, 3.63) is 71.3 Å². The van der Waals surface area contributed by atoms with Gasteiger partial charge in [0.2, 0.25) is 0 Å². The maximum atomic E-state index is 13.7. The Morgan fingerprint density at radius 3 is 1.90 bits per heavy atom. The third-order valence-electron chi connectivity index (χ3n) is 4.61. The molecule has 0 aromatic heterocycles. The Morgan fingerprint density at radius 2 is 1.45 bits per heavy atom. The third kappa shape index (κ3) is 6.52. The number of hydrogen-bond acceptors (Lipinski definition) is 5. The van der Waals surface area contributed by atoms with Crippen molar-refractivity contribution in [1.29, 1.82) is 5.26 Å². The standard InChI is InChI=1S/C23H31N2O3P/c1-5-27-29(26,28-6-2)23(19(3)4)25(17-21-10-8-7-9-11-21)18-22-14-12-20(16-24)13-15-22/h7-15,19,23H,5-6,17-18H2,1-4H3. The Hall–Kier alpha value is -1.96. The van der Waals surface area contributed by atoms with E-state index in [-0.39, 0.29) is 5.92 Å². The SMILES string of the molecule is CCOP(=O)(OCC)C(C(C)C)N(Cc1ccccc1)Cc1ccc(C#N)cc1. The summed E-state index contributed by atoms with van der Waals surface area (Å²) < 4.78 is 25.2. The van der Waals surface area contributed by atoms with E-state index in [1.165, 1.54) is 0 Å². The van der Waals surface area contributed by atoms with Crippen LogP contribution in [-0.2, 0) is 26.7 Å². The van der Waals surface area contributed by atoms with Crippen LogP contribution in [-0.4, -0.2) is 23.9 Å². The topological polar surface area (TPSA) is 62.6 Å². The molecule has 0 saturated heterocycles. The monoisotopic (exact) mass is 414 g/mol. The summed E-state index contributed by atoms with van der Waals surface area (Å²) in [5.41, 5.74) is 2.80. The molecule has 5 nitrogen and oxygen atoms in total. The summed E-state index contributed by atoms with van der Waals surface area (Å²) in [4.78, 5) is 2.17. The summed E-state index contributed by atoms with van der Waals surface area (Å²) in [6, 6.07) is 19.8. The highest BCUT2D eigenvalue weighted by Gasteiger charge is 2.42. The number of rotatable bonds is 11. The highest BCUT2D eigenvalue weighted by atomic mass is 31.2. The molecule has 2 aromatic rings. The van der Waals surface area contributed by atoms with E-state index in [9.17, 15) is 4.57 Å². The summed E-state index contributed by atoms with van der Waals surface area (Å²) in [5, 5.41) is 9.06. The first-order valence-electron chi connectivity index (χ1n) is 10.1. The summed E-state index contributed by atoms with van der Waals surface area (Å²) in [6.07, 6.45) is 0. The van der Waals surface area contributed by atoms with Gasteiger partial charge in [-0.2, -0.15) is 5.26 Å². The minimum absolute atomic E-state index is 0.0565. The Kier molecular flexibility index (Phi) is 9.07. The second-order valence-corrected chi connectivity index (χ2v) is 9.36. The zero-order valence-corrected chi connectivity index (χ0v) is 18.6. The van der Waals surface area contributed by atoms with Crippen molar-refractivity contribution in [2.24, 2.45) is 5.92 Å². The molecule has 0 amide bonds. The molecule has 0 radical (unpaired) electrons. The Morgan fingerprint density at radius 1 is 0.931 bits per heavy atom. The van der Waals surface area contributed by atoms with Crippen LogP contribution in [0.5, 0.6) is 0 Å². The molecule has 0 N–H and O–H groups in total. The molecular weight excluding hydrogens is 383 g/mol. The second-order valence-electron chi connectivity index (χ2n) is 7.23. The lowest BCUT2D eigenvalue weighted by Crippen LogP contribution is -2.39. The van der Waals surface area contributed by atoms with E-state index < -0.39 is 13.4 Å². The van der Waals surface area contributed by atoms with Crippen molar-refractivity contribution in [2.75, 3.05) is 13.2 Å². The molecule has 0 aliphatic carbocycles. The van der Waals surface area contributed by atoms with E-state index in [0.717, 1.165) is 11.1 Å². The van der Waals surface area contributed by atoms with Crippen LogP contribution in [0.1, 0.15) is 44.4 Å². The molecule has 0 spiro atoms. The van der Waals surface area contributed by atoms with Gasteiger partial charge >= 0.3 is 7.60 Å². The number of hydrogen-bond donors (Lipinski definition) is 0. The average Bonchev–Trinajstić information content (AvgIpc) is 2.69. The number of nitrogens with zero attached hydrogens (tertiary/aromatic N) is 2. The predicted octanol–water partition coefficient (Wildman–Crippen LogP) is 5.81. The lowest BCUT2D eigenvalue weighted by atomic mass is 10.1. The fraction of sp³-hybridized carbons (Fsp3) is 0.435. The van der Waals surface area contributed by atoms with Crippen LogP contribution in [0.2, 0.25) is 0 Å². The molecular formula is C23H31N2O3P. The molecule has 6 heteroatoms. The summed E-state index contributed by atoms with van der Waals surface area (Å²) in [5.74, 6) is -0.334. The van der Waals surface area contributed by atoms with Gasteiger partial charge in [0.1, 0.15) is 5.78 Å². The summed E-state index contributed by atoms with van der Waals surface area (Å²) in [6.45, 7) is 9.63. The van der Waals surface area contributed by atoms with Crippen LogP contribution in [0.4, 0.5) is 0 Å². The molecule has 2 aromatic carbocycles. The first-order chi connectivity index (χ1) is 13.9. The second kappa shape index (κ2) is 11.3. The largest absolute Gasteiger partial charge is 0.347 e. The summed E-state index contributed by atoms with van der Waals surface area (Å²) >= 11 is 0. The van der Waals surface area contributed by atoms with Gasteiger partial charge in [-0.25, -0.2) is 0 Å². The Balaban J connectivity index is 2.43. The normalized spacial score (nSPS) is 12.9. The maximum absolute atomic E-state index is 13.7. The van der Waals surface area contributed by atoms with Crippen LogP contribution in [0.25, 0.3) is 0 Å². The molecule has 0 aliphatic rings. The maximum Gasteiger partial charge on any atom is 0.347 e. The molecule has 1 atom stereocenters. The fourth-order valence-electron chi connectivity index (χ4n) is 3.52. The average molecular weight is 414 g/mol. The molecule has 0 fully saturated rings. The van der Waals surface area contributed by atoms with Gasteiger partial charge in [0.05, 0.1) is 24.8 Å². The van der Waals surface area contributed by atoms with Gasteiger partial charge in [0, 0.05) is 13.1 Å². The van der Waals surface area contributed by atoms with Crippen molar-refractivity contribution < 1.29 is 13.6 Å². The first-order valence-corrected chi connectivity index (χ1v) is 11.7. The van der Waals surface area contributed by atoms with Crippen LogP contribution in [0.15, 0.2) is 54.6 Å². The van der Waals surface area contributed by atoms with E-state index >= 15 is 0 Å². The molecule has 0 bridgehead atoms. The molecule has 2 rings (SSSR count). The number of nitriles is 1. The Labute approximate surface area is 174 Å². The minimum atomic E-state index is -3.36. The van der Waals surface area contributed by atoms with E-state index in [4.69, 9.17) is 14.3 Å². The number of benzene rings is 2. The van der Waals surface area contributed by atoms with Gasteiger partial charge in [-0.3, -0.25) is 9.46 Å². The van der Waals surface area contributed by atoms with Crippen molar-refractivity contribution in [1.82, 2.24) is 4.90 Å². The van der Waals surface area contributed by atoms with Crippen LogP contribution >= 0.6 is 7.60 Å². The Bertz CT molecular complexity index is 821. The quantitative estimate of drug-likeness (QED) is 0.434. The predicted molar refractivity (Wildman–Crippen MR) is 116 cm³/mol. The molecule has 0 saturated carbocycles. The van der Waals surface area contributed by atoms with Crippen molar-refractivity contribution in [3.63, 3.8) is 0 Å². The highest BCUT2D eigenvalue weighted by molar-refractivity contribution is 7.54. The highest BCUT2D eigenvalue weighted by Crippen LogP contribution is 2.57. The fourth-order valence-corrected chi connectivity index (χ4v) is 5.91. The van der Waals surface area contributed by atoms with Crippen molar-refractivity contribution in [2.45, 2.75) is 46.6 Å². The van der Waals surface area contributed by atoms with Crippen LogP contribution < -0.4 is 0 Å². The lowest BCUT2D eigenvalue weighted by molar-refractivity contribution is 0.131. The molecule has 29 heavy (non-hydrogen) atoms. The molecule has 0 heterocycles. The van der Waals surface area contributed by atoms with Gasteiger partial charge in [0.15, 0.2) is 0 Å². The third-order valence-corrected chi connectivity index (χ3v) is 7.42. The van der Waals surface area contributed by atoms with Gasteiger partial charge in [0.25, 0.3) is 0 Å². The zero-order valence-electron chi connectivity index (χ0n) is 17.7. The van der Waals surface area contributed by atoms with Gasteiger partial charge in [-0.05, 0) is 43.0 Å². The first kappa shape index (κ1) is 23.3. The smallest absolute Gasteiger partial charge is 0.308 e. The van der Waals surface area contributed by atoms with E-state index in [2.05, 4.69) is 23.1 Å². The van der Waals surface area contributed by atoms with E-state index in [1.54, 1.807) is 0 Å². The molecule has 0 aliphatic heterocycles. The lowest BCUT2D eigenvalue weighted by Gasteiger charge is -2.38.